The van der Waals surface area contributed by atoms with Gasteiger partial charge >= 0.3 is 0 Å². The molecule has 0 bridgehead atoms. The molecule has 0 aromatic rings. The zero-order valence-electron chi connectivity index (χ0n) is 37.9. The van der Waals surface area contributed by atoms with Gasteiger partial charge in [-0.1, -0.05) is 93.2 Å². The molecule has 326 valence electrons. The topological polar surface area (TPSA) is 169 Å². The summed E-state index contributed by atoms with van der Waals surface area (Å²) in [5.74, 6) is 2.18. The summed E-state index contributed by atoms with van der Waals surface area (Å²) < 4.78 is 11.2. The van der Waals surface area contributed by atoms with Crippen molar-refractivity contribution in [3.63, 3.8) is 0 Å². The van der Waals surface area contributed by atoms with Crippen molar-refractivity contribution >= 4 is 25.4 Å². The third-order valence-electron chi connectivity index (χ3n) is 10.1. The van der Waals surface area contributed by atoms with Crippen molar-refractivity contribution in [2.45, 2.75) is 131 Å². The predicted molar refractivity (Wildman–Crippen MR) is 232 cm³/mol. The molecule has 5 N–H and O–H groups in total. The summed E-state index contributed by atoms with van der Waals surface area (Å²) in [7, 11) is 13.9. The number of likely N-dealkylation sites (N-methyl/N-ethyl adjacent to an activating group) is 2. The molecule has 1 saturated heterocycles. The van der Waals surface area contributed by atoms with Gasteiger partial charge in [-0.3, -0.25) is 9.59 Å². The molecule has 0 radical (unpaired) electrons. The van der Waals surface area contributed by atoms with Gasteiger partial charge in [-0.15, -0.1) is 0 Å². The number of aliphatic hydroxyl groups excluding tert-OH is 1. The van der Waals surface area contributed by atoms with Crippen LogP contribution in [0, 0.1) is 29.6 Å². The summed E-state index contributed by atoms with van der Waals surface area (Å²) in [6.45, 7) is 28.0. The van der Waals surface area contributed by atoms with Gasteiger partial charge in [-0.25, -0.2) is 0 Å². The fourth-order valence-corrected chi connectivity index (χ4v) is 6.10. The number of hydrogen-bond donors (Lipinski definition) is 3. The lowest BCUT2D eigenvalue weighted by molar-refractivity contribution is -0.111. The average Bonchev–Trinajstić information content (AvgIpc) is 3.55. The lowest BCUT2D eigenvalue weighted by Crippen LogP contribution is -2.45. The number of carbonyl (C=O) groups excluding carboxylic acids is 4. The van der Waals surface area contributed by atoms with E-state index in [0.29, 0.717) is 42.8 Å². The monoisotopic (exact) mass is 786 g/mol. The molecule has 1 aliphatic heterocycles. The zero-order chi connectivity index (χ0) is 44.3. The van der Waals surface area contributed by atoms with Gasteiger partial charge in [0.2, 0.25) is 12.8 Å². The number of carbonyl (C=O) groups is 4. The average molecular weight is 786 g/mol. The summed E-state index contributed by atoms with van der Waals surface area (Å²) in [6.07, 6.45) is 11.9. The van der Waals surface area contributed by atoms with E-state index in [1.165, 1.54) is 12.8 Å². The Hall–Kier alpha value is -2.74. The molecule has 1 heterocycles. The number of methoxy groups -OCH3 is 2. The smallest absolute Gasteiger partial charge is 0.204 e. The summed E-state index contributed by atoms with van der Waals surface area (Å²) in [5.41, 5.74) is 9.15. The molecule has 55 heavy (non-hydrogen) atoms. The molecule has 2 amide bonds. The highest BCUT2D eigenvalue weighted by Gasteiger charge is 2.37. The first kappa shape index (κ1) is 61.5. The van der Waals surface area contributed by atoms with E-state index in [2.05, 4.69) is 109 Å². The van der Waals surface area contributed by atoms with Crippen LogP contribution in [0.1, 0.15) is 94.4 Å². The highest BCUT2D eigenvalue weighted by atomic mass is 16.5. The van der Waals surface area contributed by atoms with Crippen LogP contribution in [0.3, 0.4) is 0 Å². The third kappa shape index (κ3) is 30.1. The van der Waals surface area contributed by atoms with E-state index in [9.17, 15) is 14.7 Å². The van der Waals surface area contributed by atoms with Crippen LogP contribution in [0.15, 0.2) is 37.0 Å². The van der Waals surface area contributed by atoms with Crippen LogP contribution in [0.25, 0.3) is 0 Å². The number of ether oxygens (including phenoxy) is 2. The van der Waals surface area contributed by atoms with Crippen molar-refractivity contribution in [2.75, 3.05) is 56.0 Å². The predicted octanol–water partition coefficient (Wildman–Crippen LogP) is 5.62. The van der Waals surface area contributed by atoms with E-state index >= 15 is 0 Å². The maximum absolute atomic E-state index is 10.6. The van der Waals surface area contributed by atoms with E-state index < -0.39 is 6.10 Å². The second-order valence-corrected chi connectivity index (χ2v) is 15.2. The second kappa shape index (κ2) is 39.5. The van der Waals surface area contributed by atoms with E-state index in [1.807, 2.05) is 34.0 Å². The Labute approximate surface area is 338 Å². The van der Waals surface area contributed by atoms with Gasteiger partial charge < -0.3 is 50.3 Å². The second-order valence-electron chi connectivity index (χ2n) is 15.2. The normalized spacial score (nSPS) is 18.2. The van der Waals surface area contributed by atoms with Crippen molar-refractivity contribution in [3.05, 3.63) is 37.0 Å². The molecule has 12 heteroatoms. The van der Waals surface area contributed by atoms with Gasteiger partial charge in [0.25, 0.3) is 0 Å². The summed E-state index contributed by atoms with van der Waals surface area (Å²) in [6, 6.07) is 1.46. The van der Waals surface area contributed by atoms with Crippen molar-refractivity contribution in [1.29, 1.82) is 0 Å². The Balaban J connectivity index is -0.000000210. The van der Waals surface area contributed by atoms with E-state index in [1.54, 1.807) is 26.4 Å². The van der Waals surface area contributed by atoms with Crippen LogP contribution < -0.4 is 11.5 Å². The highest BCUT2D eigenvalue weighted by Crippen LogP contribution is 2.31. The van der Waals surface area contributed by atoms with Crippen LogP contribution in [-0.4, -0.2) is 138 Å². The number of rotatable bonds is 19. The van der Waals surface area contributed by atoms with E-state index in [0.717, 1.165) is 37.0 Å². The highest BCUT2D eigenvalue weighted by molar-refractivity contribution is 5.50. The molecule has 0 aromatic carbocycles. The minimum Gasteiger partial charge on any atom is -0.388 e. The Bertz CT molecular complexity index is 963. The molecule has 1 rings (SSSR count). The van der Waals surface area contributed by atoms with Crippen LogP contribution >= 0.6 is 0 Å². The standard InChI is InChI=1S/C18H31NO2.C11H23NO2.C7H17N.C5H10O.2CH3NO/c1-7-10-15(8-2)17(20)13(3)14(4)18(21-6)16-11-9-12-19(16)5;1-6-9(2)11(12(3)4)10(14-5)7-8-13;1-6(2)7(3)8(4)5;1-5(2)3-4-6;2*2-1-3/h7-8,10,13-14,16-18,20H,1-2,9,11-12H2,3-6H3;8-11H,6-7H2,1-5H3;6-7H,1-5H3;4-5H,3H2,1-2H3;2*1H,(H2,2,3)/b15-10+;;;;;. The van der Waals surface area contributed by atoms with Crippen LogP contribution in [0.2, 0.25) is 0 Å². The Morgan fingerprint density at radius 2 is 1.35 bits per heavy atom. The summed E-state index contributed by atoms with van der Waals surface area (Å²) in [4.78, 5) is 44.1. The maximum Gasteiger partial charge on any atom is 0.204 e. The number of allylic oxidation sites excluding steroid dienone is 2. The minimum atomic E-state index is -0.542. The Morgan fingerprint density at radius 3 is 1.58 bits per heavy atom. The SMILES string of the molecule is C=C/C=C(\C=C)C(O)C(C)C(C)C(OC)C1CCCN1C.CC(C)C(C)N(C)C.CC(C)CC=O.CCC(C)C(C(CC=O)OC)N(C)C.NC=O.NC=O. The first-order valence-corrected chi connectivity index (χ1v) is 19.6. The molecular formula is C43H87N5O7. The van der Waals surface area contributed by atoms with Gasteiger partial charge in [0.05, 0.1) is 18.3 Å². The van der Waals surface area contributed by atoms with Gasteiger partial charge in [-0.2, -0.15) is 0 Å². The molecule has 1 fully saturated rings. The number of nitrogens with two attached hydrogens (primary N) is 2. The fraction of sp³-hybridized carbons (Fsp3) is 0.767. The molecule has 0 aliphatic carbocycles. The third-order valence-corrected chi connectivity index (χ3v) is 10.1. The zero-order valence-corrected chi connectivity index (χ0v) is 37.9. The molecule has 12 nitrogen and oxygen atoms in total. The number of aliphatic hydroxyl groups is 1. The van der Waals surface area contributed by atoms with Gasteiger partial charge in [0.1, 0.15) is 12.6 Å². The summed E-state index contributed by atoms with van der Waals surface area (Å²) >= 11 is 0. The minimum absolute atomic E-state index is 0.0115. The van der Waals surface area contributed by atoms with Crippen LogP contribution in [-0.2, 0) is 28.7 Å². The molecular weight excluding hydrogens is 699 g/mol. The number of hydrogen-bond acceptors (Lipinski definition) is 10. The summed E-state index contributed by atoms with van der Waals surface area (Å²) in [5, 5.41) is 10.6. The van der Waals surface area contributed by atoms with Crippen LogP contribution in [0.5, 0.6) is 0 Å². The van der Waals surface area contributed by atoms with Crippen LogP contribution in [0.4, 0.5) is 0 Å². The van der Waals surface area contributed by atoms with Crippen molar-refractivity contribution in [2.24, 2.45) is 41.1 Å². The van der Waals surface area contributed by atoms with Gasteiger partial charge in [0, 0.05) is 45.2 Å². The lowest BCUT2D eigenvalue weighted by atomic mass is 9.80. The Morgan fingerprint density at radius 1 is 0.855 bits per heavy atom. The largest absolute Gasteiger partial charge is 0.388 e. The first-order chi connectivity index (χ1) is 25.7. The first-order valence-electron chi connectivity index (χ1n) is 19.6. The fourth-order valence-electron chi connectivity index (χ4n) is 6.10. The lowest BCUT2D eigenvalue weighted by Gasteiger charge is -2.37. The van der Waals surface area contributed by atoms with Crippen molar-refractivity contribution in [1.82, 2.24) is 14.7 Å². The van der Waals surface area contributed by atoms with E-state index in [4.69, 9.17) is 19.1 Å². The number of primary amides is 2. The van der Waals surface area contributed by atoms with E-state index in [-0.39, 0.29) is 36.9 Å². The molecule has 0 spiro atoms. The quantitative estimate of drug-likeness (QED) is 0.110. The maximum atomic E-state index is 10.6. The number of likely N-dealkylation sites (tertiary alicyclic amines) is 1. The van der Waals surface area contributed by atoms with Gasteiger partial charge in [0.15, 0.2) is 0 Å². The molecule has 0 aromatic heterocycles. The van der Waals surface area contributed by atoms with Crippen molar-refractivity contribution < 1.29 is 33.8 Å². The number of aldehydes is 2. The molecule has 1 aliphatic rings. The number of nitrogens with zero attached hydrogens (tertiary/aromatic N) is 3. The molecule has 9 unspecified atom stereocenters. The molecule has 9 atom stereocenters. The van der Waals surface area contributed by atoms with Crippen molar-refractivity contribution in [3.8, 4) is 0 Å². The Kier molecular flexibility index (Phi) is 44.1. The number of amides is 2. The molecule has 0 saturated carbocycles. The van der Waals surface area contributed by atoms with Gasteiger partial charge in [-0.05, 0) is 96.7 Å².